The van der Waals surface area contributed by atoms with Crippen molar-refractivity contribution in [2.24, 2.45) is 0 Å². The van der Waals surface area contributed by atoms with E-state index in [0.717, 1.165) is 10.9 Å². The molecule has 3 rings (SSSR count). The van der Waals surface area contributed by atoms with E-state index in [-0.39, 0.29) is 5.82 Å². The zero-order chi connectivity index (χ0) is 13.9. The molecule has 0 spiro atoms. The summed E-state index contributed by atoms with van der Waals surface area (Å²) >= 11 is 5.99. The van der Waals surface area contributed by atoms with Crippen molar-refractivity contribution in [1.82, 2.24) is 9.97 Å². The minimum absolute atomic E-state index is 0.239. The molecule has 0 unspecified atom stereocenters. The van der Waals surface area contributed by atoms with Crippen molar-refractivity contribution >= 4 is 28.3 Å². The van der Waals surface area contributed by atoms with Gasteiger partial charge in [0.2, 0.25) is 0 Å². The maximum absolute atomic E-state index is 13.6. The maximum Gasteiger partial charge on any atom is 0.137 e. The van der Waals surface area contributed by atoms with E-state index in [0.29, 0.717) is 22.9 Å². The number of hydrogen-bond acceptors (Lipinski definition) is 3. The Morgan fingerprint density at radius 3 is 2.80 bits per heavy atom. The van der Waals surface area contributed by atoms with Gasteiger partial charge in [-0.15, -0.1) is 0 Å². The normalized spacial score (nSPS) is 10.7. The van der Waals surface area contributed by atoms with Gasteiger partial charge in [-0.25, -0.2) is 14.4 Å². The molecule has 0 amide bonds. The van der Waals surface area contributed by atoms with E-state index in [1.165, 1.54) is 12.4 Å². The SMILES string of the molecule is Fc1ccccc1CNc1ncnc2ccc(Cl)cc12. The quantitative estimate of drug-likeness (QED) is 0.790. The zero-order valence-corrected chi connectivity index (χ0v) is 11.2. The summed E-state index contributed by atoms with van der Waals surface area (Å²) in [4.78, 5) is 8.36. The lowest BCUT2D eigenvalue weighted by Crippen LogP contribution is -2.04. The summed E-state index contributed by atoms with van der Waals surface area (Å²) < 4.78 is 13.6. The molecule has 1 aromatic heterocycles. The highest BCUT2D eigenvalue weighted by atomic mass is 35.5. The van der Waals surface area contributed by atoms with Crippen molar-refractivity contribution in [2.75, 3.05) is 5.32 Å². The highest BCUT2D eigenvalue weighted by molar-refractivity contribution is 6.31. The number of fused-ring (bicyclic) bond motifs is 1. The minimum atomic E-state index is -0.239. The molecule has 1 N–H and O–H groups in total. The fourth-order valence-corrected chi connectivity index (χ4v) is 2.16. The van der Waals surface area contributed by atoms with E-state index in [2.05, 4.69) is 15.3 Å². The first-order valence-corrected chi connectivity index (χ1v) is 6.49. The average molecular weight is 288 g/mol. The predicted molar refractivity (Wildman–Crippen MR) is 78.3 cm³/mol. The summed E-state index contributed by atoms with van der Waals surface area (Å²) in [5.41, 5.74) is 1.38. The van der Waals surface area contributed by atoms with Gasteiger partial charge in [-0.05, 0) is 24.3 Å². The third-order valence-electron chi connectivity index (χ3n) is 3.00. The maximum atomic E-state index is 13.6. The Kier molecular flexibility index (Phi) is 3.48. The molecule has 0 aliphatic carbocycles. The molecule has 0 radical (unpaired) electrons. The number of benzene rings is 2. The van der Waals surface area contributed by atoms with Gasteiger partial charge < -0.3 is 5.32 Å². The number of hydrogen-bond donors (Lipinski definition) is 1. The van der Waals surface area contributed by atoms with E-state index in [1.54, 1.807) is 30.3 Å². The van der Waals surface area contributed by atoms with Crippen LogP contribution in [0.3, 0.4) is 0 Å². The molecule has 100 valence electrons. The molecule has 1 heterocycles. The number of halogens is 2. The van der Waals surface area contributed by atoms with E-state index in [4.69, 9.17) is 11.6 Å². The van der Waals surface area contributed by atoms with Gasteiger partial charge in [-0.3, -0.25) is 0 Å². The van der Waals surface area contributed by atoms with Crippen LogP contribution in [0.1, 0.15) is 5.56 Å². The van der Waals surface area contributed by atoms with Crippen LogP contribution in [-0.2, 0) is 6.54 Å². The van der Waals surface area contributed by atoms with Gasteiger partial charge in [-0.1, -0.05) is 29.8 Å². The lowest BCUT2D eigenvalue weighted by molar-refractivity contribution is 0.613. The minimum Gasteiger partial charge on any atom is -0.365 e. The second-order valence-corrected chi connectivity index (χ2v) is 4.77. The molecule has 2 aromatic carbocycles. The molecule has 0 saturated heterocycles. The van der Waals surface area contributed by atoms with E-state index in [9.17, 15) is 4.39 Å². The number of rotatable bonds is 3. The summed E-state index contributed by atoms with van der Waals surface area (Å²) in [5, 5.41) is 4.55. The Morgan fingerprint density at radius 1 is 1.10 bits per heavy atom. The van der Waals surface area contributed by atoms with Crippen molar-refractivity contribution < 1.29 is 4.39 Å². The molecular formula is C15H11ClFN3. The Morgan fingerprint density at radius 2 is 1.95 bits per heavy atom. The number of anilines is 1. The highest BCUT2D eigenvalue weighted by Crippen LogP contribution is 2.23. The van der Waals surface area contributed by atoms with Crippen LogP contribution in [0.4, 0.5) is 10.2 Å². The lowest BCUT2D eigenvalue weighted by Gasteiger charge is -2.09. The van der Waals surface area contributed by atoms with Gasteiger partial charge in [0.1, 0.15) is 18.0 Å². The summed E-state index contributed by atoms with van der Waals surface area (Å²) in [7, 11) is 0. The van der Waals surface area contributed by atoms with Crippen LogP contribution in [0.15, 0.2) is 48.8 Å². The Labute approximate surface area is 120 Å². The molecule has 0 aliphatic rings. The third-order valence-corrected chi connectivity index (χ3v) is 3.24. The first kappa shape index (κ1) is 12.8. The van der Waals surface area contributed by atoms with Crippen LogP contribution in [-0.4, -0.2) is 9.97 Å². The van der Waals surface area contributed by atoms with E-state index in [1.807, 2.05) is 6.07 Å². The van der Waals surface area contributed by atoms with Crippen LogP contribution in [0.2, 0.25) is 5.02 Å². The van der Waals surface area contributed by atoms with Gasteiger partial charge in [0, 0.05) is 22.5 Å². The van der Waals surface area contributed by atoms with Crippen LogP contribution in [0.5, 0.6) is 0 Å². The highest BCUT2D eigenvalue weighted by Gasteiger charge is 2.06. The van der Waals surface area contributed by atoms with Crippen LogP contribution in [0.25, 0.3) is 10.9 Å². The van der Waals surface area contributed by atoms with Crippen LogP contribution < -0.4 is 5.32 Å². The van der Waals surface area contributed by atoms with Crippen molar-refractivity contribution in [3.8, 4) is 0 Å². The number of nitrogens with zero attached hydrogens (tertiary/aromatic N) is 2. The second-order valence-electron chi connectivity index (χ2n) is 4.33. The summed E-state index contributed by atoms with van der Waals surface area (Å²) in [6.45, 7) is 0.352. The van der Waals surface area contributed by atoms with Gasteiger partial charge >= 0.3 is 0 Å². The Balaban J connectivity index is 1.91. The zero-order valence-electron chi connectivity index (χ0n) is 10.5. The topological polar surface area (TPSA) is 37.8 Å². The first-order valence-electron chi connectivity index (χ1n) is 6.11. The molecule has 3 nitrogen and oxygen atoms in total. The monoisotopic (exact) mass is 287 g/mol. The average Bonchev–Trinajstić information content (AvgIpc) is 2.46. The van der Waals surface area contributed by atoms with Crippen molar-refractivity contribution in [3.05, 3.63) is 65.2 Å². The van der Waals surface area contributed by atoms with Crippen molar-refractivity contribution in [2.45, 2.75) is 6.54 Å². The van der Waals surface area contributed by atoms with Gasteiger partial charge in [0.25, 0.3) is 0 Å². The third kappa shape index (κ3) is 2.56. The van der Waals surface area contributed by atoms with E-state index >= 15 is 0 Å². The Hall–Kier alpha value is -2.20. The second kappa shape index (κ2) is 5.43. The predicted octanol–water partition coefficient (Wildman–Crippen LogP) is 4.03. The smallest absolute Gasteiger partial charge is 0.137 e. The van der Waals surface area contributed by atoms with Crippen LogP contribution >= 0.6 is 11.6 Å². The fraction of sp³-hybridized carbons (Fsp3) is 0.0667. The molecule has 3 aromatic rings. The molecule has 0 atom stereocenters. The van der Waals surface area contributed by atoms with Gasteiger partial charge in [0.15, 0.2) is 0 Å². The summed E-state index contributed by atoms with van der Waals surface area (Å²) in [6, 6.07) is 12.0. The van der Waals surface area contributed by atoms with E-state index < -0.39 is 0 Å². The Bertz CT molecular complexity index is 761. The number of nitrogens with one attached hydrogen (secondary N) is 1. The van der Waals surface area contributed by atoms with Crippen LogP contribution in [0, 0.1) is 5.82 Å². The molecule has 0 bridgehead atoms. The van der Waals surface area contributed by atoms with Gasteiger partial charge in [-0.2, -0.15) is 0 Å². The first-order chi connectivity index (χ1) is 9.74. The standard InChI is InChI=1S/C15H11ClFN3/c16-11-5-6-14-12(7-11)15(20-9-19-14)18-8-10-3-1-2-4-13(10)17/h1-7,9H,8H2,(H,18,19,20). The van der Waals surface area contributed by atoms with Gasteiger partial charge in [0.05, 0.1) is 5.52 Å². The molecular weight excluding hydrogens is 277 g/mol. The number of aromatic nitrogens is 2. The molecule has 5 heteroatoms. The molecule has 0 saturated carbocycles. The summed E-state index contributed by atoms with van der Waals surface area (Å²) in [6.07, 6.45) is 1.47. The largest absolute Gasteiger partial charge is 0.365 e. The molecule has 20 heavy (non-hydrogen) atoms. The molecule has 0 fully saturated rings. The molecule has 0 aliphatic heterocycles. The fourth-order valence-electron chi connectivity index (χ4n) is 1.99. The van der Waals surface area contributed by atoms with Crippen molar-refractivity contribution in [1.29, 1.82) is 0 Å². The summed E-state index contributed by atoms with van der Waals surface area (Å²) in [5.74, 6) is 0.400. The lowest BCUT2D eigenvalue weighted by atomic mass is 10.2. The van der Waals surface area contributed by atoms with Crippen molar-refractivity contribution in [3.63, 3.8) is 0 Å².